The predicted molar refractivity (Wildman–Crippen MR) is 70.7 cm³/mol. The number of hydrogen-bond acceptors (Lipinski definition) is 4. The van der Waals surface area contributed by atoms with E-state index in [-0.39, 0.29) is 24.0 Å². The van der Waals surface area contributed by atoms with Crippen molar-refractivity contribution in [2.24, 2.45) is 0 Å². The van der Waals surface area contributed by atoms with Gasteiger partial charge in [0.2, 0.25) is 0 Å². The summed E-state index contributed by atoms with van der Waals surface area (Å²) in [5.41, 5.74) is -0.0467. The zero-order chi connectivity index (χ0) is 14.5. The first-order chi connectivity index (χ1) is 9.60. The van der Waals surface area contributed by atoms with Gasteiger partial charge in [0.15, 0.2) is 0 Å². The van der Waals surface area contributed by atoms with Gasteiger partial charge in [-0.2, -0.15) is 0 Å². The SMILES string of the molecule is CCN1CCOC(COc2cc(F)ccc2C(=O)O)C1. The van der Waals surface area contributed by atoms with Crippen LogP contribution in [-0.2, 0) is 4.74 Å². The number of ether oxygens (including phenoxy) is 2. The Balaban J connectivity index is 1.99. The fourth-order valence-electron chi connectivity index (χ4n) is 2.14. The average Bonchev–Trinajstić information content (AvgIpc) is 2.45. The largest absolute Gasteiger partial charge is 0.490 e. The van der Waals surface area contributed by atoms with Crippen molar-refractivity contribution in [2.75, 3.05) is 32.8 Å². The highest BCUT2D eigenvalue weighted by Gasteiger charge is 2.21. The third kappa shape index (κ3) is 3.68. The van der Waals surface area contributed by atoms with Gasteiger partial charge in [-0.25, -0.2) is 9.18 Å². The van der Waals surface area contributed by atoms with Gasteiger partial charge < -0.3 is 14.6 Å². The van der Waals surface area contributed by atoms with Crippen LogP contribution in [0.1, 0.15) is 17.3 Å². The molecule has 1 saturated heterocycles. The minimum Gasteiger partial charge on any atom is -0.490 e. The first kappa shape index (κ1) is 14.7. The van der Waals surface area contributed by atoms with Crippen LogP contribution in [0.5, 0.6) is 5.75 Å². The molecule has 1 aromatic carbocycles. The molecular weight excluding hydrogens is 265 g/mol. The molecule has 0 bridgehead atoms. The van der Waals surface area contributed by atoms with E-state index in [9.17, 15) is 9.18 Å². The van der Waals surface area contributed by atoms with Gasteiger partial charge in [-0.15, -0.1) is 0 Å². The Labute approximate surface area is 116 Å². The molecule has 1 aliphatic rings. The van der Waals surface area contributed by atoms with Crippen LogP contribution < -0.4 is 4.74 Å². The highest BCUT2D eigenvalue weighted by atomic mass is 19.1. The molecule has 1 unspecified atom stereocenters. The third-order valence-electron chi connectivity index (χ3n) is 3.27. The van der Waals surface area contributed by atoms with Gasteiger partial charge in [0.05, 0.1) is 6.61 Å². The van der Waals surface area contributed by atoms with Crippen LogP contribution in [0.25, 0.3) is 0 Å². The minimum absolute atomic E-state index is 0.0368. The first-order valence-electron chi connectivity index (χ1n) is 6.59. The molecule has 0 amide bonds. The molecule has 6 heteroatoms. The number of halogens is 1. The number of nitrogens with zero attached hydrogens (tertiary/aromatic N) is 1. The van der Waals surface area contributed by atoms with Crippen molar-refractivity contribution in [2.45, 2.75) is 13.0 Å². The van der Waals surface area contributed by atoms with Gasteiger partial charge in [0.1, 0.15) is 29.8 Å². The number of aromatic carboxylic acids is 1. The standard InChI is InChI=1S/C14H18FNO4/c1-2-16-5-6-19-11(8-16)9-20-13-7-10(15)3-4-12(13)14(17)18/h3-4,7,11H,2,5-6,8-9H2,1H3,(H,17,18). The third-order valence-corrected chi connectivity index (χ3v) is 3.27. The van der Waals surface area contributed by atoms with Gasteiger partial charge in [0.25, 0.3) is 0 Å². The molecule has 1 atom stereocenters. The summed E-state index contributed by atoms with van der Waals surface area (Å²) in [5.74, 6) is -1.63. The molecule has 1 heterocycles. The highest BCUT2D eigenvalue weighted by molar-refractivity contribution is 5.90. The quantitative estimate of drug-likeness (QED) is 0.890. The van der Waals surface area contributed by atoms with Crippen molar-refractivity contribution in [1.29, 1.82) is 0 Å². The fourth-order valence-corrected chi connectivity index (χ4v) is 2.14. The van der Waals surface area contributed by atoms with E-state index in [1.165, 1.54) is 6.07 Å². The van der Waals surface area contributed by atoms with Crippen LogP contribution in [0.4, 0.5) is 4.39 Å². The molecule has 1 aliphatic heterocycles. The van der Waals surface area contributed by atoms with Crippen molar-refractivity contribution in [3.05, 3.63) is 29.6 Å². The van der Waals surface area contributed by atoms with E-state index in [1.807, 2.05) is 0 Å². The van der Waals surface area contributed by atoms with Crippen LogP contribution in [-0.4, -0.2) is 54.9 Å². The van der Waals surface area contributed by atoms with E-state index < -0.39 is 11.8 Å². The lowest BCUT2D eigenvalue weighted by atomic mass is 10.2. The molecule has 2 rings (SSSR count). The second-order valence-electron chi connectivity index (χ2n) is 4.64. The number of carboxylic acid groups (broad SMARTS) is 1. The number of rotatable bonds is 5. The first-order valence-corrected chi connectivity index (χ1v) is 6.59. The van der Waals surface area contributed by atoms with Crippen molar-refractivity contribution in [3.8, 4) is 5.75 Å². The average molecular weight is 283 g/mol. The summed E-state index contributed by atoms with van der Waals surface area (Å²) in [6, 6.07) is 3.39. The summed E-state index contributed by atoms with van der Waals surface area (Å²) >= 11 is 0. The van der Waals surface area contributed by atoms with Crippen molar-refractivity contribution >= 4 is 5.97 Å². The fraction of sp³-hybridized carbons (Fsp3) is 0.500. The number of carbonyl (C=O) groups is 1. The lowest BCUT2D eigenvalue weighted by Crippen LogP contribution is -2.44. The van der Waals surface area contributed by atoms with E-state index in [0.717, 1.165) is 31.8 Å². The molecule has 20 heavy (non-hydrogen) atoms. The van der Waals surface area contributed by atoms with Crippen LogP contribution in [0.2, 0.25) is 0 Å². The topological polar surface area (TPSA) is 59.0 Å². The Hall–Kier alpha value is -1.66. The Morgan fingerprint density at radius 1 is 1.60 bits per heavy atom. The van der Waals surface area contributed by atoms with E-state index in [2.05, 4.69) is 11.8 Å². The van der Waals surface area contributed by atoms with Gasteiger partial charge in [0, 0.05) is 19.2 Å². The van der Waals surface area contributed by atoms with Gasteiger partial charge in [-0.1, -0.05) is 6.92 Å². The van der Waals surface area contributed by atoms with Crippen LogP contribution in [0.15, 0.2) is 18.2 Å². The summed E-state index contributed by atoms with van der Waals surface area (Å²) in [5, 5.41) is 9.03. The van der Waals surface area contributed by atoms with E-state index in [4.69, 9.17) is 14.6 Å². The molecule has 110 valence electrons. The van der Waals surface area contributed by atoms with Crippen LogP contribution >= 0.6 is 0 Å². The molecule has 1 N–H and O–H groups in total. The van der Waals surface area contributed by atoms with E-state index in [1.54, 1.807) is 0 Å². The molecule has 0 aliphatic carbocycles. The summed E-state index contributed by atoms with van der Waals surface area (Å²) in [4.78, 5) is 13.3. The maximum Gasteiger partial charge on any atom is 0.339 e. The van der Waals surface area contributed by atoms with Crippen molar-refractivity contribution in [1.82, 2.24) is 4.90 Å². The van der Waals surface area contributed by atoms with Gasteiger partial charge in [-0.05, 0) is 18.7 Å². The Bertz CT molecular complexity index is 480. The summed E-state index contributed by atoms with van der Waals surface area (Å²) in [6.07, 6.45) is -0.131. The molecule has 0 radical (unpaired) electrons. The number of hydrogen-bond donors (Lipinski definition) is 1. The van der Waals surface area contributed by atoms with Crippen molar-refractivity contribution < 1.29 is 23.8 Å². The number of likely N-dealkylation sites (N-methyl/N-ethyl adjacent to an activating group) is 1. The maximum absolute atomic E-state index is 13.2. The Morgan fingerprint density at radius 2 is 2.40 bits per heavy atom. The zero-order valence-electron chi connectivity index (χ0n) is 11.3. The van der Waals surface area contributed by atoms with E-state index in [0.29, 0.717) is 6.61 Å². The van der Waals surface area contributed by atoms with Crippen molar-refractivity contribution in [3.63, 3.8) is 0 Å². The summed E-state index contributed by atoms with van der Waals surface area (Å²) < 4.78 is 24.2. The Kier molecular flexibility index (Phi) is 4.92. The van der Waals surface area contributed by atoms with Crippen LogP contribution in [0, 0.1) is 5.82 Å². The predicted octanol–water partition coefficient (Wildman–Crippen LogP) is 1.62. The lowest BCUT2D eigenvalue weighted by molar-refractivity contribution is -0.0465. The maximum atomic E-state index is 13.2. The van der Waals surface area contributed by atoms with Gasteiger partial charge >= 0.3 is 5.97 Å². The highest BCUT2D eigenvalue weighted by Crippen LogP contribution is 2.20. The van der Waals surface area contributed by atoms with Gasteiger partial charge in [-0.3, -0.25) is 4.90 Å². The number of morpholine rings is 1. The molecule has 0 spiro atoms. The molecule has 0 aromatic heterocycles. The minimum atomic E-state index is -1.14. The summed E-state index contributed by atoms with van der Waals surface area (Å²) in [6.45, 7) is 5.44. The summed E-state index contributed by atoms with van der Waals surface area (Å²) in [7, 11) is 0. The monoisotopic (exact) mass is 283 g/mol. The smallest absolute Gasteiger partial charge is 0.339 e. The van der Waals surface area contributed by atoms with E-state index >= 15 is 0 Å². The Morgan fingerprint density at radius 3 is 3.10 bits per heavy atom. The zero-order valence-corrected chi connectivity index (χ0v) is 11.3. The number of benzene rings is 1. The van der Waals surface area contributed by atoms with Crippen LogP contribution in [0.3, 0.4) is 0 Å². The lowest BCUT2D eigenvalue weighted by Gasteiger charge is -2.31. The molecule has 5 nitrogen and oxygen atoms in total. The molecule has 1 fully saturated rings. The molecule has 1 aromatic rings. The number of carboxylic acids is 1. The normalized spacial score (nSPS) is 19.8. The molecule has 0 saturated carbocycles. The second kappa shape index (κ2) is 6.67. The second-order valence-corrected chi connectivity index (χ2v) is 4.64. The molecular formula is C14H18FNO4.